The summed E-state index contributed by atoms with van der Waals surface area (Å²) in [5.74, 6) is -1.46. The van der Waals surface area contributed by atoms with Crippen molar-refractivity contribution in [1.29, 1.82) is 0 Å². The molecule has 0 aliphatic heterocycles. The summed E-state index contributed by atoms with van der Waals surface area (Å²) < 4.78 is 0.844. The number of aliphatic hydroxyl groups excluding tert-OH is 1. The fourth-order valence-electron chi connectivity index (χ4n) is 1.52. The number of nitrogens with zero attached hydrogens (tertiary/aromatic N) is 1. The van der Waals surface area contributed by atoms with Crippen LogP contribution in [-0.4, -0.2) is 49.9 Å². The lowest BCUT2D eigenvalue weighted by molar-refractivity contribution is -0.870. The van der Waals surface area contributed by atoms with Crippen molar-refractivity contribution < 1.29 is 43.5 Å². The molecule has 116 valence electrons. The summed E-state index contributed by atoms with van der Waals surface area (Å²) in [5, 5.41) is 19.0. The zero-order valence-electron chi connectivity index (χ0n) is 12.7. The van der Waals surface area contributed by atoms with Crippen LogP contribution in [0.5, 0.6) is 0 Å². The fourth-order valence-corrected chi connectivity index (χ4v) is 1.52. The minimum Gasteiger partial charge on any atom is -1.00 e. The molecule has 0 amide bonds. The first kappa shape index (κ1) is 21.6. The maximum Gasteiger partial charge on any atom is 0.101 e. The smallest absolute Gasteiger partial charge is 0.101 e. The molecule has 0 heterocycles. The van der Waals surface area contributed by atoms with Gasteiger partial charge < -0.3 is 43.5 Å². The number of quaternary nitrogens is 1. The Kier molecular flexibility index (Phi) is 12.0. The molecule has 0 saturated heterocycles. The van der Waals surface area contributed by atoms with Gasteiger partial charge in [0, 0.05) is 11.9 Å². The molecule has 0 fully saturated rings. The molecule has 0 spiro atoms. The minimum atomic E-state index is -0.997. The number of likely N-dealkylation sites (N-methyl/N-ethyl adjacent to an activating group) is 1. The third kappa shape index (κ3) is 10.2. The number of hydrogen-bond acceptors (Lipinski definition) is 3. The molecule has 0 saturated carbocycles. The summed E-state index contributed by atoms with van der Waals surface area (Å²) in [6, 6.07) is 9.15. The van der Waals surface area contributed by atoms with Crippen LogP contribution in [0.15, 0.2) is 30.3 Å². The number of hydrogen-bond donors (Lipinski definition) is 1. The van der Waals surface area contributed by atoms with Crippen molar-refractivity contribution >= 4 is 5.97 Å². The van der Waals surface area contributed by atoms with Crippen molar-refractivity contribution in [2.75, 3.05) is 34.3 Å². The van der Waals surface area contributed by atoms with Gasteiger partial charge in [-0.05, 0) is 12.0 Å². The molecular weight excluding hydrogens is 369 g/mol. The zero-order chi connectivity index (χ0) is 14.9. The van der Waals surface area contributed by atoms with E-state index in [0.717, 1.165) is 16.6 Å². The molecule has 20 heavy (non-hydrogen) atoms. The van der Waals surface area contributed by atoms with E-state index < -0.39 is 11.9 Å². The van der Waals surface area contributed by atoms with Crippen LogP contribution in [0.2, 0.25) is 0 Å². The normalized spacial score (nSPS) is 11.7. The van der Waals surface area contributed by atoms with Crippen molar-refractivity contribution in [3.05, 3.63) is 35.9 Å². The highest BCUT2D eigenvalue weighted by Crippen LogP contribution is 2.17. The molecule has 1 atom stereocenters. The van der Waals surface area contributed by atoms with Gasteiger partial charge in [-0.25, -0.2) is 0 Å². The van der Waals surface area contributed by atoms with Crippen LogP contribution >= 0.6 is 0 Å². The zero-order valence-corrected chi connectivity index (χ0v) is 14.8. The molecule has 5 heteroatoms. The van der Waals surface area contributed by atoms with Gasteiger partial charge in [-0.1, -0.05) is 37.3 Å². The summed E-state index contributed by atoms with van der Waals surface area (Å²) >= 11 is 0. The Morgan fingerprint density at radius 1 is 1.25 bits per heavy atom. The monoisotopic (exact) mass is 394 g/mol. The van der Waals surface area contributed by atoms with Crippen molar-refractivity contribution in [3.8, 4) is 0 Å². The van der Waals surface area contributed by atoms with E-state index in [2.05, 4.69) is 21.1 Å². The van der Waals surface area contributed by atoms with Gasteiger partial charge in [0.05, 0.1) is 27.7 Å². The van der Waals surface area contributed by atoms with E-state index in [0.29, 0.717) is 6.42 Å². The molecule has 1 rings (SSSR count). The van der Waals surface area contributed by atoms with E-state index in [1.165, 1.54) is 0 Å². The average molecular weight is 394 g/mol. The Morgan fingerprint density at radius 2 is 1.75 bits per heavy atom. The van der Waals surface area contributed by atoms with Gasteiger partial charge in [-0.3, -0.25) is 0 Å². The number of carboxylic acids is 1. The number of aliphatic hydroxyl groups is 1. The third-order valence-corrected chi connectivity index (χ3v) is 2.67. The lowest BCUT2D eigenvalue weighted by Gasteiger charge is -2.21. The van der Waals surface area contributed by atoms with Crippen LogP contribution in [0.3, 0.4) is 0 Å². The summed E-state index contributed by atoms with van der Waals surface area (Å²) in [6.45, 7) is 2.96. The number of halogens is 1. The molecule has 1 unspecified atom stereocenters. The lowest BCUT2D eigenvalue weighted by Crippen LogP contribution is -3.00. The lowest BCUT2D eigenvalue weighted by atomic mass is 9.97. The van der Waals surface area contributed by atoms with E-state index in [-0.39, 0.29) is 30.6 Å². The number of aliphatic carboxylic acids is 1. The van der Waals surface area contributed by atoms with E-state index in [1.54, 1.807) is 0 Å². The number of carbonyl (C=O) groups excluding carboxylic acids is 1. The molecule has 0 aliphatic carbocycles. The van der Waals surface area contributed by atoms with E-state index >= 15 is 0 Å². The highest BCUT2D eigenvalue weighted by molar-refractivity contribution is 5.73. The predicted molar refractivity (Wildman–Crippen MR) is 74.5 cm³/mol. The van der Waals surface area contributed by atoms with Crippen LogP contribution in [0, 0.1) is 0 Å². The number of rotatable bonds is 5. The van der Waals surface area contributed by atoms with Gasteiger partial charge in [0.2, 0.25) is 0 Å². The summed E-state index contributed by atoms with van der Waals surface area (Å²) in [5.41, 5.74) is 0.819. The third-order valence-electron chi connectivity index (χ3n) is 2.67. The first-order valence-electron chi connectivity index (χ1n) is 6.49. The molecule has 1 aromatic carbocycles. The highest BCUT2D eigenvalue weighted by Gasteiger charge is 2.08. The molecule has 0 bridgehead atoms. The first-order chi connectivity index (χ1) is 8.81. The van der Waals surface area contributed by atoms with E-state index in [9.17, 15) is 9.90 Å². The van der Waals surface area contributed by atoms with Gasteiger partial charge in [0.1, 0.15) is 6.54 Å². The fraction of sp³-hybridized carbons (Fsp3) is 0.533. The Morgan fingerprint density at radius 3 is 2.00 bits per heavy atom. The van der Waals surface area contributed by atoms with Crippen molar-refractivity contribution in [2.24, 2.45) is 0 Å². The second-order valence-corrected chi connectivity index (χ2v) is 5.43. The Hall–Kier alpha value is -0.660. The van der Waals surface area contributed by atoms with Gasteiger partial charge in [0.15, 0.2) is 0 Å². The maximum absolute atomic E-state index is 10.6. The second-order valence-electron chi connectivity index (χ2n) is 5.43. The van der Waals surface area contributed by atoms with Crippen molar-refractivity contribution in [2.45, 2.75) is 19.3 Å². The average Bonchev–Trinajstić information content (AvgIpc) is 2.30. The van der Waals surface area contributed by atoms with Gasteiger partial charge >= 0.3 is 0 Å². The second kappa shape index (κ2) is 11.0. The van der Waals surface area contributed by atoms with E-state index in [1.807, 2.05) is 37.3 Å². The summed E-state index contributed by atoms with van der Waals surface area (Å²) in [6.07, 6.45) is 0.576. The van der Waals surface area contributed by atoms with Crippen molar-refractivity contribution in [3.63, 3.8) is 0 Å². The molecule has 0 radical (unpaired) electrons. The SMILES string of the molecule is CCC(C(=O)[O-])c1ccccc1.C[N+](C)(C)CCO.[I-]. The Labute approximate surface area is 139 Å². The van der Waals surface area contributed by atoms with Gasteiger partial charge in [-0.2, -0.15) is 0 Å². The molecule has 0 aromatic heterocycles. The van der Waals surface area contributed by atoms with Crippen LogP contribution in [0.25, 0.3) is 0 Å². The molecule has 0 aliphatic rings. The number of carbonyl (C=O) groups is 1. The van der Waals surface area contributed by atoms with E-state index in [4.69, 9.17) is 5.11 Å². The summed E-state index contributed by atoms with van der Waals surface area (Å²) in [4.78, 5) is 10.6. The van der Waals surface area contributed by atoms with Crippen LogP contribution < -0.4 is 29.1 Å². The predicted octanol–water partition coefficient (Wildman–Crippen LogP) is -2.38. The largest absolute Gasteiger partial charge is 1.00 e. The quantitative estimate of drug-likeness (QED) is 0.448. The first-order valence-corrected chi connectivity index (χ1v) is 6.49. The summed E-state index contributed by atoms with van der Waals surface area (Å²) in [7, 11) is 6.16. The van der Waals surface area contributed by atoms with Gasteiger partial charge in [0.25, 0.3) is 0 Å². The topological polar surface area (TPSA) is 60.4 Å². The van der Waals surface area contributed by atoms with Crippen LogP contribution in [-0.2, 0) is 4.79 Å². The van der Waals surface area contributed by atoms with Gasteiger partial charge in [-0.15, -0.1) is 0 Å². The maximum atomic E-state index is 10.6. The Balaban J connectivity index is 0. The molecular formula is C15H25INO3-. The Bertz CT molecular complexity index is 363. The number of carboxylic acid groups (broad SMARTS) is 1. The molecule has 1 N–H and O–H groups in total. The molecule has 4 nitrogen and oxygen atoms in total. The standard InChI is InChI=1S/C10H12O2.C5H14NO.HI/c1-2-9(10(11)12)8-6-4-3-5-7-8;1-6(2,3)4-5-7;/h3-7,9H,2H2,1H3,(H,11,12);7H,4-5H2,1-3H3;1H/q;+1;/p-2. The van der Waals surface area contributed by atoms with Crippen molar-refractivity contribution in [1.82, 2.24) is 0 Å². The number of benzene rings is 1. The minimum absolute atomic E-state index is 0. The molecule has 1 aromatic rings. The van der Waals surface area contributed by atoms with Crippen LogP contribution in [0.1, 0.15) is 24.8 Å². The highest BCUT2D eigenvalue weighted by atomic mass is 127. The van der Waals surface area contributed by atoms with Crippen LogP contribution in [0.4, 0.5) is 0 Å².